The molecule has 0 aromatic carbocycles. The van der Waals surface area contributed by atoms with Crippen LogP contribution < -0.4 is 5.32 Å². The Balaban J connectivity index is 1.89. The lowest BCUT2D eigenvalue weighted by molar-refractivity contribution is -0.302. The lowest BCUT2D eigenvalue weighted by Gasteiger charge is -2.46. The van der Waals surface area contributed by atoms with Crippen molar-refractivity contribution in [2.45, 2.75) is 167 Å². The van der Waals surface area contributed by atoms with Crippen molar-refractivity contribution >= 4 is 23.4 Å². The van der Waals surface area contributed by atoms with Crippen LogP contribution in [-0.2, 0) is 42.9 Å². The molecule has 0 aromatic heterocycles. The maximum absolute atomic E-state index is 13.7. The van der Waals surface area contributed by atoms with Gasteiger partial charge >= 0.3 is 5.97 Å². The Morgan fingerprint density at radius 2 is 1.57 bits per heavy atom. The van der Waals surface area contributed by atoms with Crippen LogP contribution >= 0.6 is 0 Å². The van der Waals surface area contributed by atoms with Crippen molar-refractivity contribution in [3.63, 3.8) is 0 Å². The summed E-state index contributed by atoms with van der Waals surface area (Å²) in [5, 5.41) is 36.0. The number of amides is 1. The van der Waals surface area contributed by atoms with Crippen molar-refractivity contribution in [2.75, 3.05) is 27.9 Å². The van der Waals surface area contributed by atoms with E-state index in [4.69, 9.17) is 23.7 Å². The molecule has 2 aliphatic heterocycles. The summed E-state index contributed by atoms with van der Waals surface area (Å²) in [4.78, 5) is 53.5. The van der Waals surface area contributed by atoms with Gasteiger partial charge in [-0.3, -0.25) is 19.2 Å². The average Bonchev–Trinajstić information content (AvgIpc) is 3.16. The molecule has 3 aliphatic rings. The van der Waals surface area contributed by atoms with Gasteiger partial charge in [0.15, 0.2) is 0 Å². The fraction of sp³-hybridized carbons (Fsp3) is 0.814. The highest BCUT2D eigenvalue weighted by Crippen LogP contribution is 2.38. The van der Waals surface area contributed by atoms with E-state index < -0.39 is 77.8 Å². The van der Waals surface area contributed by atoms with E-state index in [9.17, 15) is 34.5 Å². The first-order valence-corrected chi connectivity index (χ1v) is 20.7. The van der Waals surface area contributed by atoms with Crippen molar-refractivity contribution in [1.29, 1.82) is 0 Å². The molecule has 56 heavy (non-hydrogen) atoms. The van der Waals surface area contributed by atoms with Gasteiger partial charge in [0.1, 0.15) is 18.0 Å². The molecule has 1 aliphatic carbocycles. The standard InChI is InChI=1S/C43H71NO12/c1-10-31-19-25(2)18-26(3)20-36(53-8)40-37(54-9)22-28(5)43(51,56-40)41(49)42(50)44-17-13-11-12-14-38(48)55-39(29(6)33(46)24-34(31)47)27(4)21-30-15-16-32(45)35(23-30)52-7/h19,21,26,28-33,35-37,39-40,45-46,51H,10-18,20,22-24H2,1-9H3,(H,44,50). The smallest absolute Gasteiger partial charge is 0.306 e. The molecule has 3 rings (SSSR count). The predicted molar refractivity (Wildman–Crippen MR) is 210 cm³/mol. The zero-order valence-electron chi connectivity index (χ0n) is 35.3. The van der Waals surface area contributed by atoms with Gasteiger partial charge in [-0.05, 0) is 89.0 Å². The van der Waals surface area contributed by atoms with E-state index in [1.165, 1.54) is 14.2 Å². The SMILES string of the molecule is CCC1C=C(C)CC(C)CC(OC)C2OC(O)(C(=O)C(=O)NCCCCCC(=O)OC(C(C)=CC3CCC(O)C(OC)C3)C(C)C(O)CC1=O)C(C)CC2OC. The first-order chi connectivity index (χ1) is 26.5. The number of nitrogens with one attached hydrogen (secondary N) is 1. The Morgan fingerprint density at radius 3 is 2.21 bits per heavy atom. The van der Waals surface area contributed by atoms with Gasteiger partial charge in [-0.15, -0.1) is 0 Å². The van der Waals surface area contributed by atoms with E-state index >= 15 is 0 Å². The molecule has 13 unspecified atom stereocenters. The second-order valence-corrected chi connectivity index (χ2v) is 16.8. The summed E-state index contributed by atoms with van der Waals surface area (Å²) >= 11 is 0. The second kappa shape index (κ2) is 22.6. The first-order valence-electron chi connectivity index (χ1n) is 20.7. The third-order valence-corrected chi connectivity index (χ3v) is 12.2. The number of allylic oxidation sites excluding steroid dienone is 3. The number of ether oxygens (including phenoxy) is 5. The van der Waals surface area contributed by atoms with Gasteiger partial charge < -0.3 is 44.3 Å². The lowest BCUT2D eigenvalue weighted by Crippen LogP contribution is -2.63. The second-order valence-electron chi connectivity index (χ2n) is 16.8. The Bertz CT molecular complexity index is 1370. The highest BCUT2D eigenvalue weighted by atomic mass is 16.7. The molecule has 1 amide bonds. The number of rotatable bonds is 6. The minimum Gasteiger partial charge on any atom is -0.457 e. The van der Waals surface area contributed by atoms with Crippen LogP contribution in [0.5, 0.6) is 0 Å². The molecule has 320 valence electrons. The number of hydrogen-bond donors (Lipinski definition) is 4. The number of aliphatic hydroxyl groups is 3. The van der Waals surface area contributed by atoms with Gasteiger partial charge in [-0.1, -0.05) is 51.8 Å². The van der Waals surface area contributed by atoms with Crippen molar-refractivity contribution in [2.24, 2.45) is 29.6 Å². The zero-order chi connectivity index (χ0) is 41.7. The van der Waals surface area contributed by atoms with Crippen LogP contribution in [0, 0.1) is 29.6 Å². The summed E-state index contributed by atoms with van der Waals surface area (Å²) in [6.45, 7) is 11.4. The van der Waals surface area contributed by atoms with Crippen LogP contribution in [0.2, 0.25) is 0 Å². The molecule has 0 radical (unpaired) electrons. The molecule has 13 atom stereocenters. The number of carbonyl (C=O) groups is 4. The van der Waals surface area contributed by atoms with Crippen molar-refractivity contribution in [3.8, 4) is 0 Å². The number of Topliss-reactive ketones (excluding diaryl/α,β-unsaturated/α-hetero) is 2. The summed E-state index contributed by atoms with van der Waals surface area (Å²) in [6.07, 6.45) is 4.72. The average molecular weight is 794 g/mol. The third kappa shape index (κ3) is 13.0. The number of esters is 1. The normalized spacial score (nSPS) is 38.8. The van der Waals surface area contributed by atoms with Crippen LogP contribution in [0.15, 0.2) is 23.3 Å². The fourth-order valence-electron chi connectivity index (χ4n) is 8.70. The van der Waals surface area contributed by atoms with E-state index in [0.717, 1.165) is 17.6 Å². The van der Waals surface area contributed by atoms with Crippen LogP contribution in [0.25, 0.3) is 0 Å². The van der Waals surface area contributed by atoms with Gasteiger partial charge in [0.05, 0.1) is 30.5 Å². The number of carbonyl (C=O) groups excluding carboxylic acids is 4. The van der Waals surface area contributed by atoms with Crippen LogP contribution in [-0.4, -0.2) is 115 Å². The summed E-state index contributed by atoms with van der Waals surface area (Å²) in [5.74, 6) is -6.60. The van der Waals surface area contributed by atoms with Crippen molar-refractivity contribution in [3.05, 3.63) is 23.3 Å². The maximum Gasteiger partial charge on any atom is 0.306 e. The number of ketones is 2. The highest BCUT2D eigenvalue weighted by molar-refractivity contribution is 6.38. The molecule has 2 fully saturated rings. The predicted octanol–water partition coefficient (Wildman–Crippen LogP) is 4.77. The van der Waals surface area contributed by atoms with Gasteiger partial charge in [0, 0.05) is 58.5 Å². The van der Waals surface area contributed by atoms with E-state index in [2.05, 4.69) is 5.32 Å². The Morgan fingerprint density at radius 1 is 0.911 bits per heavy atom. The van der Waals surface area contributed by atoms with Crippen molar-refractivity contribution in [1.82, 2.24) is 5.32 Å². The molecule has 2 bridgehead atoms. The maximum atomic E-state index is 13.7. The quantitative estimate of drug-likeness (QED) is 0.164. The van der Waals surface area contributed by atoms with Crippen LogP contribution in [0.1, 0.15) is 119 Å². The van der Waals surface area contributed by atoms with Crippen molar-refractivity contribution < 1.29 is 58.2 Å². The molecule has 1 saturated heterocycles. The molecule has 13 heteroatoms. The van der Waals surface area contributed by atoms with E-state index in [1.54, 1.807) is 21.0 Å². The number of methoxy groups -OCH3 is 3. The number of hydrogen-bond acceptors (Lipinski definition) is 12. The monoisotopic (exact) mass is 793 g/mol. The lowest BCUT2D eigenvalue weighted by atomic mass is 9.81. The topological polar surface area (TPSA) is 187 Å². The molecule has 0 aromatic rings. The van der Waals surface area contributed by atoms with Gasteiger partial charge in [-0.25, -0.2) is 0 Å². The molecule has 2 heterocycles. The minimum atomic E-state index is -2.38. The first kappa shape index (κ1) is 47.9. The van der Waals surface area contributed by atoms with Gasteiger partial charge in [-0.2, -0.15) is 0 Å². The Kier molecular flexibility index (Phi) is 19.3. The number of cyclic esters (lactones) is 1. The molecule has 0 spiro atoms. The van der Waals surface area contributed by atoms with E-state index in [-0.39, 0.29) is 49.5 Å². The number of fused-ring (bicyclic) bond motifs is 2. The summed E-state index contributed by atoms with van der Waals surface area (Å²) < 4.78 is 29.3. The largest absolute Gasteiger partial charge is 0.457 e. The molecule has 4 N–H and O–H groups in total. The molecular weight excluding hydrogens is 722 g/mol. The molecule has 1 saturated carbocycles. The Hall–Kier alpha value is -2.52. The third-order valence-electron chi connectivity index (χ3n) is 12.2. The Labute approximate surface area is 334 Å². The van der Waals surface area contributed by atoms with E-state index in [1.807, 2.05) is 39.8 Å². The number of aliphatic hydroxyl groups excluding tert-OH is 2. The van der Waals surface area contributed by atoms with Crippen LogP contribution in [0.3, 0.4) is 0 Å². The summed E-state index contributed by atoms with van der Waals surface area (Å²) in [7, 11) is 4.66. The highest BCUT2D eigenvalue weighted by Gasteiger charge is 2.55. The summed E-state index contributed by atoms with van der Waals surface area (Å²) in [5.41, 5.74) is 1.76. The van der Waals surface area contributed by atoms with Crippen LogP contribution in [0.4, 0.5) is 0 Å². The zero-order valence-corrected chi connectivity index (χ0v) is 35.3. The summed E-state index contributed by atoms with van der Waals surface area (Å²) in [6, 6.07) is 0. The van der Waals surface area contributed by atoms with Gasteiger partial charge in [0.25, 0.3) is 11.7 Å². The fourth-order valence-corrected chi connectivity index (χ4v) is 8.70. The minimum absolute atomic E-state index is 0.0354. The van der Waals surface area contributed by atoms with E-state index in [0.29, 0.717) is 51.4 Å². The molecule has 13 nitrogen and oxygen atoms in total. The molecular formula is C43H71NO12. The van der Waals surface area contributed by atoms with Gasteiger partial charge in [0.2, 0.25) is 5.79 Å².